The Morgan fingerprint density at radius 2 is 1.50 bits per heavy atom. The topological polar surface area (TPSA) is 78.5 Å². The summed E-state index contributed by atoms with van der Waals surface area (Å²) >= 11 is 0. The molecule has 6 nitrogen and oxygen atoms in total. The Morgan fingerprint density at radius 3 is 2.11 bits per heavy atom. The summed E-state index contributed by atoms with van der Waals surface area (Å²) in [7, 11) is 0. The van der Waals surface area contributed by atoms with E-state index in [0.717, 1.165) is 16.9 Å². The van der Waals surface area contributed by atoms with Crippen molar-refractivity contribution in [3.63, 3.8) is 0 Å². The van der Waals surface area contributed by atoms with E-state index in [2.05, 4.69) is 59.2 Å². The minimum absolute atomic E-state index is 0.227. The van der Waals surface area contributed by atoms with Gasteiger partial charge in [-0.3, -0.25) is 14.5 Å². The summed E-state index contributed by atoms with van der Waals surface area (Å²) in [5, 5.41) is 5.88. The molecule has 3 aromatic carbocycles. The minimum atomic E-state index is -1.13. The van der Waals surface area contributed by atoms with E-state index in [1.54, 1.807) is 0 Å². The molecule has 4 aliphatic rings. The molecule has 7 rings (SSSR count). The number of urea groups is 1. The van der Waals surface area contributed by atoms with E-state index in [0.29, 0.717) is 18.9 Å². The van der Waals surface area contributed by atoms with Gasteiger partial charge in [0, 0.05) is 18.4 Å². The Kier molecular flexibility index (Phi) is 5.40. The largest absolute Gasteiger partial charge is 0.354 e. The lowest BCUT2D eigenvalue weighted by Crippen LogP contribution is -2.46. The van der Waals surface area contributed by atoms with Gasteiger partial charge >= 0.3 is 6.03 Å². The number of hydrogen-bond donors (Lipinski definition) is 2. The van der Waals surface area contributed by atoms with Crippen molar-refractivity contribution in [1.82, 2.24) is 15.5 Å². The lowest BCUT2D eigenvalue weighted by molar-refractivity contribution is -0.135. The first-order chi connectivity index (χ1) is 17.5. The molecule has 182 valence electrons. The molecule has 3 aliphatic carbocycles. The second-order valence-corrected chi connectivity index (χ2v) is 10.0. The van der Waals surface area contributed by atoms with Crippen molar-refractivity contribution in [2.24, 2.45) is 5.92 Å². The van der Waals surface area contributed by atoms with Crippen LogP contribution in [0.3, 0.4) is 0 Å². The van der Waals surface area contributed by atoms with Gasteiger partial charge in [0.2, 0.25) is 5.91 Å². The van der Waals surface area contributed by atoms with E-state index in [4.69, 9.17) is 0 Å². The smallest absolute Gasteiger partial charge is 0.325 e. The number of fused-ring (bicyclic) bond motifs is 1. The molecule has 1 fully saturated rings. The third-order valence-electron chi connectivity index (χ3n) is 8.26. The zero-order valence-electron chi connectivity index (χ0n) is 20.2. The van der Waals surface area contributed by atoms with E-state index in [9.17, 15) is 14.4 Å². The highest BCUT2D eigenvalue weighted by Crippen LogP contribution is 2.55. The van der Waals surface area contributed by atoms with Crippen molar-refractivity contribution in [2.75, 3.05) is 13.1 Å². The number of nitrogens with one attached hydrogen (secondary N) is 2. The van der Waals surface area contributed by atoms with Crippen molar-refractivity contribution in [3.05, 3.63) is 107 Å². The van der Waals surface area contributed by atoms with Crippen molar-refractivity contribution >= 4 is 17.8 Å². The van der Waals surface area contributed by atoms with E-state index >= 15 is 0 Å². The highest BCUT2D eigenvalue weighted by molar-refractivity contribution is 6.09. The van der Waals surface area contributed by atoms with E-state index in [1.807, 2.05) is 37.3 Å². The van der Waals surface area contributed by atoms with E-state index in [-0.39, 0.29) is 30.2 Å². The van der Waals surface area contributed by atoms with Crippen molar-refractivity contribution in [1.29, 1.82) is 0 Å². The zero-order chi connectivity index (χ0) is 24.9. The van der Waals surface area contributed by atoms with Gasteiger partial charge in [0.1, 0.15) is 12.1 Å². The quantitative estimate of drug-likeness (QED) is 0.519. The maximum atomic E-state index is 13.4. The summed E-state index contributed by atoms with van der Waals surface area (Å²) < 4.78 is 0. The van der Waals surface area contributed by atoms with E-state index < -0.39 is 11.6 Å². The maximum absolute atomic E-state index is 13.4. The Hall–Kier alpha value is -3.93. The van der Waals surface area contributed by atoms with E-state index in [1.165, 1.54) is 22.3 Å². The summed E-state index contributed by atoms with van der Waals surface area (Å²) in [6.07, 6.45) is 1.37. The van der Waals surface area contributed by atoms with Crippen LogP contribution in [-0.2, 0) is 15.1 Å². The van der Waals surface area contributed by atoms with Gasteiger partial charge in [0.15, 0.2) is 0 Å². The molecule has 0 spiro atoms. The maximum Gasteiger partial charge on any atom is 0.325 e. The average molecular weight is 480 g/mol. The number of benzene rings is 3. The Labute approximate surface area is 210 Å². The predicted molar refractivity (Wildman–Crippen MR) is 136 cm³/mol. The summed E-state index contributed by atoms with van der Waals surface area (Å²) in [5.74, 6) is 0.111. The summed E-state index contributed by atoms with van der Waals surface area (Å²) in [6, 6.07) is 25.9. The fourth-order valence-corrected chi connectivity index (χ4v) is 6.54. The second-order valence-electron chi connectivity index (χ2n) is 10.0. The van der Waals surface area contributed by atoms with Crippen LogP contribution >= 0.6 is 0 Å². The van der Waals surface area contributed by atoms with Gasteiger partial charge in [-0.2, -0.15) is 0 Å². The van der Waals surface area contributed by atoms with Gasteiger partial charge in [0.25, 0.3) is 5.91 Å². The SMILES string of the molecule is CCC1(c2ccccc2)NC(=O)N(CC(=O)NCC2CC3c4ccccc4C2c2ccccc23)C1=O. The number of imide groups is 1. The van der Waals surface area contributed by atoms with Crippen LogP contribution in [0.25, 0.3) is 0 Å². The second kappa shape index (κ2) is 8.63. The Balaban J connectivity index is 1.17. The Bertz CT molecular complexity index is 1310. The molecule has 6 heteroatoms. The fourth-order valence-electron chi connectivity index (χ4n) is 6.54. The zero-order valence-corrected chi connectivity index (χ0v) is 20.2. The first-order valence-corrected chi connectivity index (χ1v) is 12.7. The number of amides is 4. The third-order valence-corrected chi connectivity index (χ3v) is 8.26. The molecule has 0 aromatic heterocycles. The molecule has 1 heterocycles. The molecule has 1 saturated heterocycles. The molecule has 0 saturated carbocycles. The molecule has 2 bridgehead atoms. The molecule has 2 atom stereocenters. The highest BCUT2D eigenvalue weighted by atomic mass is 16.2. The fraction of sp³-hybridized carbons (Fsp3) is 0.300. The monoisotopic (exact) mass is 479 g/mol. The van der Waals surface area contributed by atoms with Crippen molar-refractivity contribution < 1.29 is 14.4 Å². The Morgan fingerprint density at radius 1 is 0.917 bits per heavy atom. The number of nitrogens with zero attached hydrogens (tertiary/aromatic N) is 1. The van der Waals surface area contributed by atoms with Crippen LogP contribution in [0.4, 0.5) is 4.79 Å². The van der Waals surface area contributed by atoms with Gasteiger partial charge in [-0.05, 0) is 46.6 Å². The summed E-state index contributed by atoms with van der Waals surface area (Å²) in [6.45, 7) is 2.08. The van der Waals surface area contributed by atoms with Crippen LogP contribution in [0.1, 0.15) is 59.4 Å². The molecule has 0 radical (unpaired) electrons. The van der Waals surface area contributed by atoms with Gasteiger partial charge in [-0.1, -0.05) is 85.8 Å². The first kappa shape index (κ1) is 22.5. The molecular weight excluding hydrogens is 450 g/mol. The predicted octanol–water partition coefficient (Wildman–Crippen LogP) is 4.26. The number of hydrogen-bond acceptors (Lipinski definition) is 3. The van der Waals surface area contributed by atoms with Gasteiger partial charge in [-0.15, -0.1) is 0 Å². The molecule has 4 amide bonds. The van der Waals surface area contributed by atoms with Crippen LogP contribution in [0.15, 0.2) is 78.9 Å². The van der Waals surface area contributed by atoms with Crippen LogP contribution < -0.4 is 10.6 Å². The molecule has 3 aromatic rings. The normalized spacial score (nSPS) is 25.8. The number of carbonyl (C=O) groups excluding carboxylic acids is 3. The minimum Gasteiger partial charge on any atom is -0.354 e. The van der Waals surface area contributed by atoms with Crippen LogP contribution in [0, 0.1) is 5.92 Å². The summed E-state index contributed by atoms with van der Waals surface area (Å²) in [5.41, 5.74) is 5.06. The van der Waals surface area contributed by atoms with Crippen molar-refractivity contribution in [2.45, 2.75) is 37.1 Å². The van der Waals surface area contributed by atoms with Gasteiger partial charge in [0.05, 0.1) is 0 Å². The number of rotatable bonds is 6. The van der Waals surface area contributed by atoms with Gasteiger partial charge < -0.3 is 10.6 Å². The molecule has 36 heavy (non-hydrogen) atoms. The van der Waals surface area contributed by atoms with Crippen molar-refractivity contribution in [3.8, 4) is 0 Å². The highest BCUT2D eigenvalue weighted by Gasteiger charge is 2.51. The van der Waals surface area contributed by atoms with Gasteiger partial charge in [-0.25, -0.2) is 4.79 Å². The molecule has 2 N–H and O–H groups in total. The van der Waals surface area contributed by atoms with Crippen LogP contribution in [0.5, 0.6) is 0 Å². The van der Waals surface area contributed by atoms with Crippen LogP contribution in [-0.4, -0.2) is 35.8 Å². The molecule has 2 unspecified atom stereocenters. The third kappa shape index (κ3) is 3.35. The average Bonchev–Trinajstić information content (AvgIpc) is 3.17. The molecule has 1 aliphatic heterocycles. The summed E-state index contributed by atoms with van der Waals surface area (Å²) in [4.78, 5) is 40.1. The number of carbonyl (C=O) groups is 3. The van der Waals surface area contributed by atoms with Crippen LogP contribution in [0.2, 0.25) is 0 Å². The first-order valence-electron chi connectivity index (χ1n) is 12.7. The lowest BCUT2D eigenvalue weighted by Gasteiger charge is -2.45. The molecular formula is C30H29N3O3. The lowest BCUT2D eigenvalue weighted by atomic mass is 9.59. The standard InChI is InChI=1S/C30H29N3O3/c1-2-30(20-10-4-3-5-11-20)28(35)33(29(36)32-30)18-26(34)31-17-19-16-25-21-12-6-8-14-23(21)27(19)24-15-9-7-13-22(24)25/h3-15,19,25,27H,2,16-18H2,1H3,(H,31,34)(H,32,36).